The molecule has 0 amide bonds. The molecule has 0 aromatic carbocycles. The van der Waals surface area contributed by atoms with Crippen LogP contribution in [0.4, 0.5) is 10.3 Å². The minimum Gasteiger partial charge on any atom is -0.368 e. The highest BCUT2D eigenvalue weighted by atomic mass is 35.5. The SMILES string of the molecule is CC(C)O[P@@]1(=O)OC[C@H]2O[C@@H](n3cnc4c(Cl)nc(N)nc43)[C@](C)(F)C2O1. The van der Waals surface area contributed by atoms with Crippen molar-refractivity contribution in [2.45, 2.75) is 51.0 Å². The summed E-state index contributed by atoms with van der Waals surface area (Å²) < 4.78 is 51.3. The molecule has 5 atom stereocenters. The lowest BCUT2D eigenvalue weighted by atomic mass is 9.98. The average Bonchev–Trinajstić information content (AvgIpc) is 3.05. The first kappa shape index (κ1) is 19.0. The van der Waals surface area contributed by atoms with E-state index in [1.54, 1.807) is 13.8 Å². The Kier molecular flexibility index (Phi) is 4.45. The second kappa shape index (κ2) is 6.33. The number of aromatic nitrogens is 4. The minimum atomic E-state index is -3.90. The maximum absolute atomic E-state index is 15.7. The van der Waals surface area contributed by atoms with Crippen molar-refractivity contribution < 1.29 is 27.3 Å². The van der Waals surface area contributed by atoms with E-state index in [0.717, 1.165) is 0 Å². The number of fused-ring (bicyclic) bond motifs is 2. The van der Waals surface area contributed by atoms with Gasteiger partial charge in [-0.3, -0.25) is 18.1 Å². The van der Waals surface area contributed by atoms with E-state index >= 15 is 4.39 Å². The Balaban J connectivity index is 1.70. The summed E-state index contributed by atoms with van der Waals surface area (Å²) in [5, 5.41) is 0.0432. The summed E-state index contributed by atoms with van der Waals surface area (Å²) in [6.45, 7) is 4.49. The van der Waals surface area contributed by atoms with Gasteiger partial charge in [0, 0.05) is 0 Å². The molecule has 27 heavy (non-hydrogen) atoms. The lowest BCUT2D eigenvalue weighted by Crippen LogP contribution is -2.45. The molecule has 1 unspecified atom stereocenters. The average molecular weight is 422 g/mol. The van der Waals surface area contributed by atoms with Crippen LogP contribution in [0.3, 0.4) is 0 Å². The number of anilines is 1. The molecule has 2 aliphatic heterocycles. The summed E-state index contributed by atoms with van der Waals surface area (Å²) in [4.78, 5) is 12.0. The Morgan fingerprint density at radius 1 is 1.52 bits per heavy atom. The lowest BCUT2D eigenvalue weighted by molar-refractivity contribution is -0.0733. The molecular weight excluding hydrogens is 404 g/mol. The van der Waals surface area contributed by atoms with Gasteiger partial charge in [-0.05, 0) is 20.8 Å². The molecule has 2 aliphatic rings. The maximum atomic E-state index is 15.7. The van der Waals surface area contributed by atoms with Gasteiger partial charge in [0.1, 0.15) is 17.7 Å². The number of nitrogens with zero attached hydrogens (tertiary/aromatic N) is 4. The number of ether oxygens (including phenoxy) is 1. The first-order valence-electron chi connectivity index (χ1n) is 8.22. The molecule has 2 aromatic heterocycles. The zero-order valence-electron chi connectivity index (χ0n) is 14.7. The fourth-order valence-corrected chi connectivity index (χ4v) is 5.08. The first-order valence-corrected chi connectivity index (χ1v) is 10.1. The second-order valence-electron chi connectivity index (χ2n) is 6.80. The van der Waals surface area contributed by atoms with Gasteiger partial charge in [-0.2, -0.15) is 9.97 Å². The molecule has 0 radical (unpaired) electrons. The van der Waals surface area contributed by atoms with Gasteiger partial charge in [-0.15, -0.1) is 0 Å². The highest BCUT2D eigenvalue weighted by molar-refractivity contribution is 7.48. The molecule has 2 fully saturated rings. The zero-order valence-corrected chi connectivity index (χ0v) is 16.4. The Bertz CT molecular complexity index is 940. The van der Waals surface area contributed by atoms with Gasteiger partial charge < -0.3 is 10.5 Å². The van der Waals surface area contributed by atoms with Gasteiger partial charge in [0.15, 0.2) is 22.7 Å². The van der Waals surface area contributed by atoms with E-state index in [9.17, 15) is 4.57 Å². The number of phosphoric ester groups is 1. The quantitative estimate of drug-likeness (QED) is 0.588. The number of nitrogen functional groups attached to an aromatic ring is 1. The van der Waals surface area contributed by atoms with E-state index in [1.807, 2.05) is 0 Å². The third-order valence-corrected chi connectivity index (χ3v) is 6.20. The van der Waals surface area contributed by atoms with E-state index in [2.05, 4.69) is 15.0 Å². The molecule has 2 N–H and O–H groups in total. The molecule has 10 nitrogen and oxygen atoms in total. The fourth-order valence-electron chi connectivity index (χ4n) is 3.23. The number of nitrogens with two attached hydrogens (primary N) is 1. The van der Waals surface area contributed by atoms with Crippen molar-refractivity contribution in [3.63, 3.8) is 0 Å². The van der Waals surface area contributed by atoms with Crippen LogP contribution in [0.15, 0.2) is 6.33 Å². The first-order chi connectivity index (χ1) is 12.6. The Hall–Kier alpha value is -1.36. The number of hydrogen-bond donors (Lipinski definition) is 1. The van der Waals surface area contributed by atoms with Crippen LogP contribution < -0.4 is 5.73 Å². The van der Waals surface area contributed by atoms with Crippen LogP contribution in [0.5, 0.6) is 0 Å². The Labute approximate surface area is 158 Å². The van der Waals surface area contributed by atoms with Crippen molar-refractivity contribution >= 4 is 36.5 Å². The number of alkyl halides is 1. The fraction of sp³-hybridized carbons (Fsp3) is 0.643. The molecule has 2 aromatic rings. The highest BCUT2D eigenvalue weighted by Crippen LogP contribution is 2.60. The smallest absolute Gasteiger partial charge is 0.368 e. The van der Waals surface area contributed by atoms with Gasteiger partial charge in [0.2, 0.25) is 5.95 Å². The van der Waals surface area contributed by atoms with Crippen molar-refractivity contribution in [3.8, 4) is 0 Å². The third kappa shape index (κ3) is 3.12. The van der Waals surface area contributed by atoms with Gasteiger partial charge in [0.05, 0.1) is 19.0 Å². The minimum absolute atomic E-state index is 0.0432. The van der Waals surface area contributed by atoms with Crippen LogP contribution in [0, 0.1) is 0 Å². The topological polar surface area (TPSA) is 124 Å². The summed E-state index contributed by atoms with van der Waals surface area (Å²) in [5.41, 5.74) is 4.01. The van der Waals surface area contributed by atoms with Gasteiger partial charge in [-0.1, -0.05) is 11.6 Å². The van der Waals surface area contributed by atoms with Crippen molar-refractivity contribution in [1.29, 1.82) is 0 Å². The molecular formula is C14H18ClFN5O5P. The van der Waals surface area contributed by atoms with Gasteiger partial charge in [-0.25, -0.2) is 13.9 Å². The summed E-state index contributed by atoms with van der Waals surface area (Å²) in [5.74, 6) is -0.0837. The van der Waals surface area contributed by atoms with E-state index in [4.69, 9.17) is 35.6 Å². The van der Waals surface area contributed by atoms with Crippen molar-refractivity contribution in [3.05, 3.63) is 11.5 Å². The van der Waals surface area contributed by atoms with Crippen LogP contribution in [0.2, 0.25) is 5.15 Å². The lowest BCUT2D eigenvalue weighted by Gasteiger charge is -2.34. The summed E-state index contributed by atoms with van der Waals surface area (Å²) >= 11 is 6.02. The van der Waals surface area contributed by atoms with E-state index in [0.29, 0.717) is 0 Å². The number of rotatable bonds is 3. The summed E-state index contributed by atoms with van der Waals surface area (Å²) in [7, 11) is -3.90. The van der Waals surface area contributed by atoms with Crippen LogP contribution in [-0.4, -0.2) is 50.1 Å². The summed E-state index contributed by atoms with van der Waals surface area (Å²) in [6.07, 6.45) is -2.24. The summed E-state index contributed by atoms with van der Waals surface area (Å²) in [6, 6.07) is 0. The number of imidazole rings is 1. The third-order valence-electron chi connectivity index (χ3n) is 4.31. The monoisotopic (exact) mass is 421 g/mol. The van der Waals surface area contributed by atoms with E-state index in [-0.39, 0.29) is 28.9 Å². The molecule has 0 bridgehead atoms. The molecule has 4 rings (SSSR count). The second-order valence-corrected chi connectivity index (χ2v) is 8.73. The van der Waals surface area contributed by atoms with Crippen LogP contribution in [0.1, 0.15) is 27.0 Å². The number of phosphoric acid groups is 1. The number of halogens is 2. The molecule has 0 spiro atoms. The van der Waals surface area contributed by atoms with Crippen molar-refractivity contribution in [1.82, 2.24) is 19.5 Å². The van der Waals surface area contributed by atoms with E-state index < -0.39 is 38.0 Å². The predicted octanol–water partition coefficient (Wildman–Crippen LogP) is 2.64. The Morgan fingerprint density at radius 2 is 2.26 bits per heavy atom. The normalized spacial score (nSPS) is 36.4. The molecule has 0 saturated carbocycles. The predicted molar refractivity (Wildman–Crippen MR) is 92.8 cm³/mol. The maximum Gasteiger partial charge on any atom is 0.475 e. The number of hydrogen-bond acceptors (Lipinski definition) is 9. The molecule has 2 saturated heterocycles. The van der Waals surface area contributed by atoms with Gasteiger partial charge >= 0.3 is 7.82 Å². The largest absolute Gasteiger partial charge is 0.475 e. The van der Waals surface area contributed by atoms with Crippen molar-refractivity contribution in [2.24, 2.45) is 0 Å². The molecule has 13 heteroatoms. The molecule has 0 aliphatic carbocycles. The zero-order chi connectivity index (χ0) is 19.6. The van der Waals surface area contributed by atoms with E-state index in [1.165, 1.54) is 17.8 Å². The Morgan fingerprint density at radius 3 is 2.96 bits per heavy atom. The van der Waals surface area contributed by atoms with Gasteiger partial charge in [0.25, 0.3) is 0 Å². The molecule has 4 heterocycles. The van der Waals surface area contributed by atoms with Crippen LogP contribution in [0.25, 0.3) is 11.2 Å². The molecule has 148 valence electrons. The van der Waals surface area contributed by atoms with Crippen molar-refractivity contribution in [2.75, 3.05) is 12.3 Å². The highest BCUT2D eigenvalue weighted by Gasteiger charge is 2.61. The van der Waals surface area contributed by atoms with Crippen LogP contribution in [-0.2, 0) is 22.9 Å². The van der Waals surface area contributed by atoms with Crippen LogP contribution >= 0.6 is 19.4 Å². The standard InChI is InChI=1S/C14H18ClFN5O5P/c1-6(2)25-27(22)23-4-7-9(26-27)14(3,16)12(24-7)21-5-18-8-10(15)19-13(17)20-11(8)21/h5-7,9,12H,4H2,1-3H3,(H2,17,19,20)/t7-,9?,12-,14-,27-/m1/s1.